The standard InChI is InChI=1S/C25H27ClN2O6/c1-6-31-24(30)22(25(3,4)5)34-23(29)15(2)32-17-8-10-18(11-9-17)33-21-14-27-20-13-16(26)7-12-19(20)28-21/h7-15,22H,6H2,1-5H3. The van der Waals surface area contributed by atoms with Crippen LogP contribution >= 0.6 is 11.6 Å². The zero-order chi connectivity index (χ0) is 24.9. The lowest BCUT2D eigenvalue weighted by atomic mass is 9.89. The molecule has 0 spiro atoms. The van der Waals surface area contributed by atoms with Gasteiger partial charge in [-0.3, -0.25) is 0 Å². The number of esters is 2. The van der Waals surface area contributed by atoms with Crippen LogP contribution in [-0.4, -0.2) is 40.7 Å². The predicted octanol–water partition coefficient (Wildman–Crippen LogP) is 5.36. The van der Waals surface area contributed by atoms with Crippen LogP contribution in [0.4, 0.5) is 0 Å². The molecule has 2 aromatic carbocycles. The van der Waals surface area contributed by atoms with E-state index >= 15 is 0 Å². The van der Waals surface area contributed by atoms with Crippen molar-refractivity contribution in [2.24, 2.45) is 5.41 Å². The van der Waals surface area contributed by atoms with Gasteiger partial charge in [-0.05, 0) is 56.3 Å². The highest BCUT2D eigenvalue weighted by atomic mass is 35.5. The Hall–Kier alpha value is -3.39. The van der Waals surface area contributed by atoms with Gasteiger partial charge in [0.1, 0.15) is 11.5 Å². The van der Waals surface area contributed by atoms with Crippen molar-refractivity contribution in [2.45, 2.75) is 46.8 Å². The molecule has 180 valence electrons. The third-order valence-electron chi connectivity index (χ3n) is 4.69. The normalized spacial score (nSPS) is 13.1. The van der Waals surface area contributed by atoms with Crippen LogP contribution in [0.25, 0.3) is 11.0 Å². The second kappa shape index (κ2) is 10.7. The first-order chi connectivity index (χ1) is 16.1. The Bertz CT molecular complexity index is 1160. The van der Waals surface area contributed by atoms with Crippen molar-refractivity contribution in [3.8, 4) is 17.4 Å². The molecule has 3 rings (SSSR count). The summed E-state index contributed by atoms with van der Waals surface area (Å²) in [7, 11) is 0. The summed E-state index contributed by atoms with van der Waals surface area (Å²) in [5.74, 6) is 0.0178. The number of fused-ring (bicyclic) bond motifs is 1. The molecule has 1 aromatic heterocycles. The molecule has 0 N–H and O–H groups in total. The van der Waals surface area contributed by atoms with E-state index in [1.807, 2.05) is 0 Å². The van der Waals surface area contributed by atoms with Crippen LogP contribution in [0.3, 0.4) is 0 Å². The van der Waals surface area contributed by atoms with Gasteiger partial charge in [0.25, 0.3) is 0 Å². The van der Waals surface area contributed by atoms with Crippen LogP contribution < -0.4 is 9.47 Å². The van der Waals surface area contributed by atoms with Gasteiger partial charge in [-0.1, -0.05) is 32.4 Å². The largest absolute Gasteiger partial charge is 0.479 e. The predicted molar refractivity (Wildman–Crippen MR) is 127 cm³/mol. The minimum absolute atomic E-state index is 0.197. The second-order valence-corrected chi connectivity index (χ2v) is 9.05. The molecule has 2 unspecified atom stereocenters. The number of halogens is 1. The number of aromatic nitrogens is 2. The maximum absolute atomic E-state index is 12.5. The molecule has 1 heterocycles. The topological polar surface area (TPSA) is 96.8 Å². The molecule has 3 aromatic rings. The Kier molecular flexibility index (Phi) is 7.94. The number of carbonyl (C=O) groups is 2. The second-order valence-electron chi connectivity index (χ2n) is 8.61. The highest BCUT2D eigenvalue weighted by Gasteiger charge is 2.37. The first-order valence-electron chi connectivity index (χ1n) is 10.8. The molecule has 0 saturated heterocycles. The first-order valence-corrected chi connectivity index (χ1v) is 11.2. The van der Waals surface area contributed by atoms with Crippen molar-refractivity contribution in [2.75, 3.05) is 6.61 Å². The molecule has 0 radical (unpaired) electrons. The molecule has 0 aliphatic heterocycles. The fourth-order valence-corrected chi connectivity index (χ4v) is 3.15. The molecule has 0 aliphatic carbocycles. The molecule has 9 heteroatoms. The molecule has 0 bridgehead atoms. The lowest BCUT2D eigenvalue weighted by Gasteiger charge is -2.29. The van der Waals surface area contributed by atoms with Crippen LogP contribution in [0.15, 0.2) is 48.7 Å². The summed E-state index contributed by atoms with van der Waals surface area (Å²) >= 11 is 5.97. The van der Waals surface area contributed by atoms with Crippen LogP contribution in [0.5, 0.6) is 17.4 Å². The molecule has 0 saturated carbocycles. The number of carbonyl (C=O) groups excluding carboxylic acids is 2. The zero-order valence-electron chi connectivity index (χ0n) is 19.7. The van der Waals surface area contributed by atoms with E-state index in [1.165, 1.54) is 6.20 Å². The Morgan fingerprint density at radius 2 is 1.68 bits per heavy atom. The Balaban J connectivity index is 1.61. The van der Waals surface area contributed by atoms with Crippen LogP contribution in [0.1, 0.15) is 34.6 Å². The number of benzene rings is 2. The van der Waals surface area contributed by atoms with Crippen LogP contribution in [-0.2, 0) is 19.1 Å². The highest BCUT2D eigenvalue weighted by Crippen LogP contribution is 2.26. The quantitative estimate of drug-likeness (QED) is 0.392. The lowest BCUT2D eigenvalue weighted by molar-refractivity contribution is -0.179. The van der Waals surface area contributed by atoms with Crippen molar-refractivity contribution < 1.29 is 28.5 Å². The van der Waals surface area contributed by atoms with Crippen molar-refractivity contribution >= 4 is 34.6 Å². The van der Waals surface area contributed by atoms with E-state index in [4.69, 9.17) is 30.5 Å². The molecule has 34 heavy (non-hydrogen) atoms. The van der Waals surface area contributed by atoms with E-state index in [1.54, 1.807) is 77.1 Å². The van der Waals surface area contributed by atoms with Gasteiger partial charge in [-0.15, -0.1) is 0 Å². The SMILES string of the molecule is CCOC(=O)C(OC(=O)C(C)Oc1ccc(Oc2cnc3cc(Cl)ccc3n2)cc1)C(C)(C)C. The average molecular weight is 487 g/mol. The summed E-state index contributed by atoms with van der Waals surface area (Å²) < 4.78 is 21.9. The number of hydrogen-bond acceptors (Lipinski definition) is 8. The third-order valence-corrected chi connectivity index (χ3v) is 4.93. The van der Waals surface area contributed by atoms with Crippen molar-refractivity contribution in [3.05, 3.63) is 53.7 Å². The molecular weight excluding hydrogens is 460 g/mol. The first kappa shape index (κ1) is 25.2. The third kappa shape index (κ3) is 6.57. The van der Waals surface area contributed by atoms with Crippen LogP contribution in [0, 0.1) is 5.41 Å². The average Bonchev–Trinajstić information content (AvgIpc) is 2.78. The summed E-state index contributed by atoms with van der Waals surface area (Å²) in [6.45, 7) is 8.82. The van der Waals surface area contributed by atoms with Gasteiger partial charge >= 0.3 is 11.9 Å². The highest BCUT2D eigenvalue weighted by molar-refractivity contribution is 6.31. The summed E-state index contributed by atoms with van der Waals surface area (Å²) in [5.41, 5.74) is 0.699. The van der Waals surface area contributed by atoms with Gasteiger partial charge < -0.3 is 18.9 Å². The minimum atomic E-state index is -1.04. The van der Waals surface area contributed by atoms with E-state index in [0.717, 1.165) is 0 Å². The number of hydrogen-bond donors (Lipinski definition) is 0. The minimum Gasteiger partial charge on any atom is -0.479 e. The summed E-state index contributed by atoms with van der Waals surface area (Å²) in [4.78, 5) is 33.5. The number of ether oxygens (including phenoxy) is 4. The van der Waals surface area contributed by atoms with Crippen LogP contribution in [0.2, 0.25) is 5.02 Å². The lowest BCUT2D eigenvalue weighted by Crippen LogP contribution is -2.42. The summed E-state index contributed by atoms with van der Waals surface area (Å²) in [6.07, 6.45) is -0.471. The number of nitrogens with zero attached hydrogens (tertiary/aromatic N) is 2. The molecule has 8 nitrogen and oxygen atoms in total. The molecular formula is C25H27ClN2O6. The summed E-state index contributed by atoms with van der Waals surface area (Å²) in [6, 6.07) is 11.9. The molecule has 0 fully saturated rings. The van der Waals surface area contributed by atoms with Crippen molar-refractivity contribution in [1.29, 1.82) is 0 Å². The van der Waals surface area contributed by atoms with Crippen molar-refractivity contribution in [3.63, 3.8) is 0 Å². The van der Waals surface area contributed by atoms with Gasteiger partial charge in [0.15, 0.2) is 6.10 Å². The Morgan fingerprint density at radius 1 is 1.00 bits per heavy atom. The van der Waals surface area contributed by atoms with Gasteiger partial charge in [-0.25, -0.2) is 19.6 Å². The van der Waals surface area contributed by atoms with E-state index in [0.29, 0.717) is 33.4 Å². The molecule has 0 aliphatic rings. The van der Waals surface area contributed by atoms with Gasteiger partial charge in [0.2, 0.25) is 12.0 Å². The molecule has 2 atom stereocenters. The van der Waals surface area contributed by atoms with Gasteiger partial charge in [-0.2, -0.15) is 0 Å². The van der Waals surface area contributed by atoms with E-state index < -0.39 is 29.6 Å². The summed E-state index contributed by atoms with van der Waals surface area (Å²) in [5, 5.41) is 0.582. The Morgan fingerprint density at radius 3 is 2.32 bits per heavy atom. The fourth-order valence-electron chi connectivity index (χ4n) is 2.98. The Labute approximate surface area is 203 Å². The van der Waals surface area contributed by atoms with E-state index in [9.17, 15) is 9.59 Å². The van der Waals surface area contributed by atoms with Gasteiger partial charge in [0, 0.05) is 10.4 Å². The van der Waals surface area contributed by atoms with Gasteiger partial charge in [0.05, 0.1) is 23.8 Å². The van der Waals surface area contributed by atoms with Crippen molar-refractivity contribution in [1.82, 2.24) is 9.97 Å². The fraction of sp³-hybridized carbons (Fsp3) is 0.360. The zero-order valence-corrected chi connectivity index (χ0v) is 20.5. The number of rotatable bonds is 8. The molecule has 0 amide bonds. The maximum atomic E-state index is 12.5. The smallest absolute Gasteiger partial charge is 0.348 e. The van der Waals surface area contributed by atoms with E-state index in [-0.39, 0.29) is 6.61 Å². The van der Waals surface area contributed by atoms with E-state index in [2.05, 4.69) is 9.97 Å². The monoisotopic (exact) mass is 486 g/mol. The maximum Gasteiger partial charge on any atom is 0.348 e.